The third kappa shape index (κ3) is 2.29. The molecule has 20 heavy (non-hydrogen) atoms. The smallest absolute Gasteiger partial charge is 0.223 e. The molecule has 1 aromatic heterocycles. The summed E-state index contributed by atoms with van der Waals surface area (Å²) in [6.07, 6.45) is 3.34. The van der Waals surface area contributed by atoms with Gasteiger partial charge in [-0.2, -0.15) is 0 Å². The lowest BCUT2D eigenvalue weighted by Gasteiger charge is -2.14. The first kappa shape index (κ1) is 13.1. The first-order valence-corrected chi connectivity index (χ1v) is 7.15. The Balaban J connectivity index is 2.00. The zero-order valence-corrected chi connectivity index (χ0v) is 12.1. The number of pyridine rings is 1. The molecule has 0 aliphatic heterocycles. The Labute approximate surface area is 119 Å². The molecule has 1 heterocycles. The van der Waals surface area contributed by atoms with Crippen molar-refractivity contribution < 1.29 is 4.74 Å². The molecule has 3 nitrogen and oxygen atoms in total. The van der Waals surface area contributed by atoms with Gasteiger partial charge in [0.25, 0.3) is 0 Å². The van der Waals surface area contributed by atoms with Gasteiger partial charge in [0.05, 0.1) is 0 Å². The van der Waals surface area contributed by atoms with Gasteiger partial charge in [-0.05, 0) is 61.9 Å². The highest BCUT2D eigenvalue weighted by Gasteiger charge is 2.17. The van der Waals surface area contributed by atoms with Crippen LogP contribution in [0.2, 0.25) is 0 Å². The van der Waals surface area contributed by atoms with Gasteiger partial charge < -0.3 is 10.5 Å². The summed E-state index contributed by atoms with van der Waals surface area (Å²) in [5.41, 5.74) is 11.7. The maximum Gasteiger partial charge on any atom is 0.223 e. The summed E-state index contributed by atoms with van der Waals surface area (Å²) in [4.78, 5) is 4.69. The fraction of sp³-hybridized carbons (Fsp3) is 0.353. The van der Waals surface area contributed by atoms with E-state index in [0.717, 1.165) is 29.7 Å². The van der Waals surface area contributed by atoms with Crippen molar-refractivity contribution in [2.24, 2.45) is 5.73 Å². The molecule has 0 atom stereocenters. The number of fused-ring (bicyclic) bond motifs is 1. The van der Waals surface area contributed by atoms with Crippen molar-refractivity contribution in [2.45, 2.75) is 39.7 Å². The molecule has 1 aliphatic rings. The van der Waals surface area contributed by atoms with Crippen molar-refractivity contribution in [3.63, 3.8) is 0 Å². The van der Waals surface area contributed by atoms with Crippen LogP contribution >= 0.6 is 0 Å². The van der Waals surface area contributed by atoms with Crippen LogP contribution in [0, 0.1) is 13.8 Å². The minimum absolute atomic E-state index is 0.459. The standard InChI is InChI=1S/C17H20N2O/c1-11-5-3-8-16(12(11)2)20-17-14(10-18)9-13-6-4-7-15(13)19-17/h3,5,8-9H,4,6-7,10,18H2,1-2H3. The molecule has 1 aromatic carbocycles. The van der Waals surface area contributed by atoms with E-state index in [2.05, 4.69) is 31.0 Å². The van der Waals surface area contributed by atoms with Gasteiger partial charge in [-0.15, -0.1) is 0 Å². The molecule has 0 spiro atoms. The van der Waals surface area contributed by atoms with Crippen molar-refractivity contribution in [3.8, 4) is 11.6 Å². The molecule has 0 unspecified atom stereocenters. The third-order valence-electron chi connectivity index (χ3n) is 4.07. The highest BCUT2D eigenvalue weighted by molar-refractivity contribution is 5.43. The molecule has 2 aromatic rings. The molecule has 0 saturated heterocycles. The fourth-order valence-electron chi connectivity index (χ4n) is 2.67. The van der Waals surface area contributed by atoms with Gasteiger partial charge in [0, 0.05) is 17.8 Å². The number of ether oxygens (including phenoxy) is 1. The summed E-state index contributed by atoms with van der Waals surface area (Å²) in [6.45, 7) is 4.61. The molecule has 1 aliphatic carbocycles. The van der Waals surface area contributed by atoms with E-state index in [1.807, 2.05) is 12.1 Å². The van der Waals surface area contributed by atoms with E-state index >= 15 is 0 Å². The number of hydrogen-bond acceptors (Lipinski definition) is 3. The molecular formula is C17H20N2O. The third-order valence-corrected chi connectivity index (χ3v) is 4.07. The van der Waals surface area contributed by atoms with Gasteiger partial charge in [0.1, 0.15) is 5.75 Å². The Hall–Kier alpha value is -1.87. The second-order valence-electron chi connectivity index (χ2n) is 5.42. The van der Waals surface area contributed by atoms with Crippen molar-refractivity contribution in [3.05, 3.63) is 52.2 Å². The highest BCUT2D eigenvalue weighted by Crippen LogP contribution is 2.31. The second-order valence-corrected chi connectivity index (χ2v) is 5.42. The van der Waals surface area contributed by atoms with Crippen LogP contribution in [0.25, 0.3) is 0 Å². The van der Waals surface area contributed by atoms with E-state index in [-0.39, 0.29) is 0 Å². The summed E-state index contributed by atoms with van der Waals surface area (Å²) in [5, 5.41) is 0. The van der Waals surface area contributed by atoms with Crippen LogP contribution in [0.3, 0.4) is 0 Å². The van der Waals surface area contributed by atoms with Crippen molar-refractivity contribution in [1.82, 2.24) is 4.98 Å². The van der Waals surface area contributed by atoms with Crippen LogP contribution < -0.4 is 10.5 Å². The minimum Gasteiger partial charge on any atom is -0.438 e. The lowest BCUT2D eigenvalue weighted by atomic mass is 10.1. The largest absolute Gasteiger partial charge is 0.438 e. The highest BCUT2D eigenvalue weighted by atomic mass is 16.5. The van der Waals surface area contributed by atoms with Gasteiger partial charge in [0.15, 0.2) is 0 Å². The number of rotatable bonds is 3. The van der Waals surface area contributed by atoms with Crippen LogP contribution in [0.4, 0.5) is 0 Å². The predicted molar refractivity (Wildman–Crippen MR) is 80.1 cm³/mol. The summed E-state index contributed by atoms with van der Waals surface area (Å²) >= 11 is 0. The molecule has 3 heteroatoms. The molecule has 0 bridgehead atoms. The Morgan fingerprint density at radius 1 is 1.25 bits per heavy atom. The van der Waals surface area contributed by atoms with E-state index < -0.39 is 0 Å². The van der Waals surface area contributed by atoms with Gasteiger partial charge in [0.2, 0.25) is 5.88 Å². The number of benzene rings is 1. The number of aromatic nitrogens is 1. The Bertz CT molecular complexity index is 650. The molecular weight excluding hydrogens is 248 g/mol. The maximum atomic E-state index is 6.05. The number of nitrogens with two attached hydrogens (primary N) is 1. The number of hydrogen-bond donors (Lipinski definition) is 1. The first-order valence-electron chi connectivity index (χ1n) is 7.15. The van der Waals surface area contributed by atoms with Crippen molar-refractivity contribution in [2.75, 3.05) is 0 Å². The van der Waals surface area contributed by atoms with E-state index in [0.29, 0.717) is 12.4 Å². The maximum absolute atomic E-state index is 6.05. The van der Waals surface area contributed by atoms with Crippen molar-refractivity contribution >= 4 is 0 Å². The summed E-state index contributed by atoms with van der Waals surface area (Å²) in [7, 11) is 0. The zero-order chi connectivity index (χ0) is 14.1. The van der Waals surface area contributed by atoms with Crippen molar-refractivity contribution in [1.29, 1.82) is 0 Å². The monoisotopic (exact) mass is 268 g/mol. The quantitative estimate of drug-likeness (QED) is 0.927. The van der Waals surface area contributed by atoms with Crippen LogP contribution in [0.1, 0.15) is 34.4 Å². The number of nitrogens with zero attached hydrogens (tertiary/aromatic N) is 1. The molecule has 2 N–H and O–H groups in total. The van der Waals surface area contributed by atoms with Crippen LogP contribution in [0.15, 0.2) is 24.3 Å². The second kappa shape index (κ2) is 5.25. The normalized spacial score (nSPS) is 13.3. The molecule has 0 fully saturated rings. The Kier molecular flexibility index (Phi) is 3.45. The van der Waals surface area contributed by atoms with Gasteiger partial charge in [-0.1, -0.05) is 12.1 Å². The molecule has 0 radical (unpaired) electrons. The fourth-order valence-corrected chi connectivity index (χ4v) is 2.67. The summed E-state index contributed by atoms with van der Waals surface area (Å²) in [5.74, 6) is 1.53. The first-order chi connectivity index (χ1) is 9.69. The van der Waals surface area contributed by atoms with E-state index in [9.17, 15) is 0 Å². The topological polar surface area (TPSA) is 48.1 Å². The van der Waals surface area contributed by atoms with E-state index in [4.69, 9.17) is 10.5 Å². The van der Waals surface area contributed by atoms with E-state index in [1.54, 1.807) is 0 Å². The van der Waals surface area contributed by atoms with Gasteiger partial charge in [-0.3, -0.25) is 0 Å². The SMILES string of the molecule is Cc1cccc(Oc2nc3c(cc2CN)CCC3)c1C. The van der Waals surface area contributed by atoms with E-state index in [1.165, 1.54) is 23.2 Å². The Morgan fingerprint density at radius 2 is 2.10 bits per heavy atom. The Morgan fingerprint density at radius 3 is 2.90 bits per heavy atom. The number of aryl methyl sites for hydroxylation is 3. The predicted octanol–water partition coefficient (Wildman–Crippen LogP) is 3.44. The molecule has 3 rings (SSSR count). The van der Waals surface area contributed by atoms with Crippen LogP contribution in [0.5, 0.6) is 11.6 Å². The molecule has 0 amide bonds. The molecule has 104 valence electrons. The minimum atomic E-state index is 0.459. The average molecular weight is 268 g/mol. The lowest BCUT2D eigenvalue weighted by Crippen LogP contribution is -2.04. The lowest BCUT2D eigenvalue weighted by molar-refractivity contribution is 0.450. The summed E-state index contributed by atoms with van der Waals surface area (Å²) < 4.78 is 6.05. The average Bonchev–Trinajstić information content (AvgIpc) is 2.90. The van der Waals surface area contributed by atoms with Crippen LogP contribution in [-0.4, -0.2) is 4.98 Å². The summed E-state index contributed by atoms with van der Waals surface area (Å²) in [6, 6.07) is 8.24. The van der Waals surface area contributed by atoms with Gasteiger partial charge >= 0.3 is 0 Å². The van der Waals surface area contributed by atoms with Crippen LogP contribution in [-0.2, 0) is 19.4 Å². The molecule has 0 saturated carbocycles. The van der Waals surface area contributed by atoms with Gasteiger partial charge in [-0.25, -0.2) is 4.98 Å². The zero-order valence-electron chi connectivity index (χ0n) is 12.1.